The molecule has 24 heavy (non-hydrogen) atoms. The molecule has 1 saturated carbocycles. The van der Waals surface area contributed by atoms with Crippen LogP contribution < -0.4 is 16.2 Å². The molecule has 126 valence electrons. The Morgan fingerprint density at radius 1 is 1.33 bits per heavy atom. The average molecular weight is 328 g/mol. The third kappa shape index (κ3) is 3.29. The number of carbonyl (C=O) groups excluding carboxylic acids is 2. The Kier molecular flexibility index (Phi) is 4.33. The number of nitrogens with zero attached hydrogens (tertiary/aromatic N) is 2. The predicted molar refractivity (Wildman–Crippen MR) is 89.9 cm³/mol. The van der Waals surface area contributed by atoms with Crippen molar-refractivity contribution in [3.05, 3.63) is 39.8 Å². The van der Waals surface area contributed by atoms with Gasteiger partial charge in [-0.05, 0) is 44.9 Å². The fourth-order valence-electron chi connectivity index (χ4n) is 2.60. The van der Waals surface area contributed by atoms with Crippen molar-refractivity contribution in [2.45, 2.75) is 39.3 Å². The molecule has 2 amide bonds. The van der Waals surface area contributed by atoms with Gasteiger partial charge in [0, 0.05) is 18.2 Å². The molecular weight excluding hydrogens is 308 g/mol. The summed E-state index contributed by atoms with van der Waals surface area (Å²) >= 11 is 0. The minimum atomic E-state index is -0.337. The largest absolute Gasteiger partial charge is 0.352 e. The van der Waals surface area contributed by atoms with Crippen molar-refractivity contribution in [1.82, 2.24) is 20.2 Å². The molecule has 3 rings (SSSR count). The van der Waals surface area contributed by atoms with Gasteiger partial charge in [0.05, 0.1) is 17.6 Å². The van der Waals surface area contributed by atoms with Crippen molar-refractivity contribution in [2.24, 2.45) is 0 Å². The molecule has 0 radical (unpaired) electrons. The zero-order valence-corrected chi connectivity index (χ0v) is 13.8. The van der Waals surface area contributed by atoms with E-state index >= 15 is 0 Å². The van der Waals surface area contributed by atoms with Crippen LogP contribution in [0.5, 0.6) is 0 Å². The smallest absolute Gasteiger partial charge is 0.272 e. The second-order valence-corrected chi connectivity index (χ2v) is 5.97. The molecule has 0 saturated heterocycles. The van der Waals surface area contributed by atoms with Crippen LogP contribution in [0.3, 0.4) is 0 Å². The monoisotopic (exact) mass is 328 g/mol. The first-order valence-corrected chi connectivity index (χ1v) is 8.08. The third-order valence-electron chi connectivity index (χ3n) is 4.04. The lowest BCUT2D eigenvalue weighted by molar-refractivity contribution is -0.120. The molecule has 0 unspecified atom stereocenters. The van der Waals surface area contributed by atoms with Crippen LogP contribution in [0.2, 0.25) is 0 Å². The Balaban J connectivity index is 1.79. The van der Waals surface area contributed by atoms with Gasteiger partial charge in [-0.25, -0.2) is 4.98 Å². The lowest BCUT2D eigenvalue weighted by Gasteiger charge is -2.10. The van der Waals surface area contributed by atoms with Gasteiger partial charge in [-0.15, -0.1) is 0 Å². The standard InChI is InChI=1S/C17H20N4O3/c1-3-21-14-7-4-11(8-13(14)19-10(2)17(21)24)16(23)18-9-15(22)20-12-5-6-12/h4,7-8,12H,3,5-6,9H2,1-2H3,(H,18,23)(H,20,22). The summed E-state index contributed by atoms with van der Waals surface area (Å²) in [5.41, 5.74) is 1.96. The lowest BCUT2D eigenvalue weighted by atomic mass is 10.1. The van der Waals surface area contributed by atoms with E-state index in [9.17, 15) is 14.4 Å². The zero-order valence-electron chi connectivity index (χ0n) is 13.8. The van der Waals surface area contributed by atoms with Crippen molar-refractivity contribution in [3.63, 3.8) is 0 Å². The highest BCUT2D eigenvalue weighted by molar-refractivity contribution is 5.99. The van der Waals surface area contributed by atoms with Crippen LogP contribution in [0.25, 0.3) is 11.0 Å². The SMILES string of the molecule is CCn1c(=O)c(C)nc2cc(C(=O)NCC(=O)NC3CC3)ccc21. The number of hydrogen-bond donors (Lipinski definition) is 2. The summed E-state index contributed by atoms with van der Waals surface area (Å²) < 4.78 is 1.63. The Morgan fingerprint density at radius 3 is 2.75 bits per heavy atom. The van der Waals surface area contributed by atoms with E-state index in [2.05, 4.69) is 15.6 Å². The summed E-state index contributed by atoms with van der Waals surface area (Å²) in [5.74, 6) is -0.517. The summed E-state index contributed by atoms with van der Waals surface area (Å²) in [5, 5.41) is 5.42. The zero-order chi connectivity index (χ0) is 17.3. The first-order valence-electron chi connectivity index (χ1n) is 8.08. The number of aromatic nitrogens is 2. The third-order valence-corrected chi connectivity index (χ3v) is 4.04. The Bertz CT molecular complexity index is 868. The molecule has 0 bridgehead atoms. The summed E-state index contributed by atoms with van der Waals surface area (Å²) in [4.78, 5) is 40.2. The highest BCUT2D eigenvalue weighted by atomic mass is 16.2. The number of aryl methyl sites for hydroxylation is 2. The molecule has 0 atom stereocenters. The second kappa shape index (κ2) is 6.43. The molecule has 0 spiro atoms. The molecule has 1 aromatic heterocycles. The quantitative estimate of drug-likeness (QED) is 0.846. The molecule has 2 N–H and O–H groups in total. The van der Waals surface area contributed by atoms with E-state index in [0.717, 1.165) is 12.8 Å². The minimum absolute atomic E-state index is 0.0473. The van der Waals surface area contributed by atoms with E-state index in [4.69, 9.17) is 0 Å². The number of hydrogen-bond acceptors (Lipinski definition) is 4. The molecule has 2 aromatic rings. The number of amides is 2. The second-order valence-electron chi connectivity index (χ2n) is 5.97. The maximum absolute atomic E-state index is 12.2. The van der Waals surface area contributed by atoms with E-state index in [1.807, 2.05) is 6.92 Å². The number of rotatable bonds is 5. The maximum atomic E-state index is 12.2. The van der Waals surface area contributed by atoms with Crippen LogP contribution in [-0.4, -0.2) is 34.0 Å². The molecule has 1 aliphatic carbocycles. The molecule has 1 heterocycles. The number of carbonyl (C=O) groups is 2. The van der Waals surface area contributed by atoms with Crippen LogP contribution in [0.15, 0.2) is 23.0 Å². The van der Waals surface area contributed by atoms with Gasteiger partial charge in [-0.1, -0.05) is 0 Å². The fraction of sp³-hybridized carbons (Fsp3) is 0.412. The van der Waals surface area contributed by atoms with E-state index in [1.54, 1.807) is 29.7 Å². The highest BCUT2D eigenvalue weighted by Crippen LogP contribution is 2.18. The van der Waals surface area contributed by atoms with Gasteiger partial charge in [0.2, 0.25) is 5.91 Å². The Morgan fingerprint density at radius 2 is 2.08 bits per heavy atom. The first kappa shape index (κ1) is 16.2. The van der Waals surface area contributed by atoms with Crippen LogP contribution in [0, 0.1) is 6.92 Å². The molecule has 7 heteroatoms. The minimum Gasteiger partial charge on any atom is -0.352 e. The number of benzene rings is 1. The molecule has 7 nitrogen and oxygen atoms in total. The van der Waals surface area contributed by atoms with E-state index < -0.39 is 0 Å². The Hall–Kier alpha value is -2.70. The van der Waals surface area contributed by atoms with Crippen molar-refractivity contribution in [1.29, 1.82) is 0 Å². The summed E-state index contributed by atoms with van der Waals surface area (Å²) in [6, 6.07) is 5.26. The van der Waals surface area contributed by atoms with E-state index in [0.29, 0.717) is 28.8 Å². The van der Waals surface area contributed by atoms with Gasteiger partial charge in [-0.2, -0.15) is 0 Å². The summed E-state index contributed by atoms with van der Waals surface area (Å²) in [6.45, 7) is 4.03. The average Bonchev–Trinajstić information content (AvgIpc) is 3.37. The van der Waals surface area contributed by atoms with Gasteiger partial charge in [0.1, 0.15) is 5.69 Å². The molecule has 1 aliphatic rings. The summed E-state index contributed by atoms with van der Waals surface area (Å²) in [6.07, 6.45) is 2.02. The number of fused-ring (bicyclic) bond motifs is 1. The van der Waals surface area contributed by atoms with E-state index in [1.165, 1.54) is 0 Å². The number of nitrogens with one attached hydrogen (secondary N) is 2. The molecular formula is C17H20N4O3. The molecule has 1 aromatic carbocycles. The Labute approximate surface area is 139 Å². The van der Waals surface area contributed by atoms with Crippen molar-refractivity contribution < 1.29 is 9.59 Å². The lowest BCUT2D eigenvalue weighted by Crippen LogP contribution is -2.37. The van der Waals surface area contributed by atoms with Crippen LogP contribution >= 0.6 is 0 Å². The maximum Gasteiger partial charge on any atom is 0.272 e. The van der Waals surface area contributed by atoms with Crippen molar-refractivity contribution in [3.8, 4) is 0 Å². The summed E-state index contributed by atoms with van der Waals surface area (Å²) in [7, 11) is 0. The normalized spacial score (nSPS) is 13.8. The van der Waals surface area contributed by atoms with Crippen LogP contribution in [-0.2, 0) is 11.3 Å². The van der Waals surface area contributed by atoms with Crippen LogP contribution in [0.4, 0.5) is 0 Å². The van der Waals surface area contributed by atoms with Gasteiger partial charge in [0.25, 0.3) is 11.5 Å². The molecule has 0 aliphatic heterocycles. The van der Waals surface area contributed by atoms with Crippen molar-refractivity contribution in [2.75, 3.05) is 6.54 Å². The van der Waals surface area contributed by atoms with Gasteiger partial charge >= 0.3 is 0 Å². The van der Waals surface area contributed by atoms with Gasteiger partial charge in [0.15, 0.2) is 0 Å². The predicted octanol–water partition coefficient (Wildman–Crippen LogP) is 0.733. The van der Waals surface area contributed by atoms with E-state index in [-0.39, 0.29) is 30.0 Å². The highest BCUT2D eigenvalue weighted by Gasteiger charge is 2.23. The molecule has 1 fully saturated rings. The fourth-order valence-corrected chi connectivity index (χ4v) is 2.60. The van der Waals surface area contributed by atoms with Crippen molar-refractivity contribution >= 4 is 22.8 Å². The van der Waals surface area contributed by atoms with Crippen LogP contribution in [0.1, 0.15) is 35.8 Å². The topological polar surface area (TPSA) is 93.1 Å². The van der Waals surface area contributed by atoms with Gasteiger partial charge < -0.3 is 15.2 Å². The first-order chi connectivity index (χ1) is 11.5. The van der Waals surface area contributed by atoms with Gasteiger partial charge in [-0.3, -0.25) is 14.4 Å².